The second kappa shape index (κ2) is 7.30. The van der Waals surface area contributed by atoms with Crippen molar-refractivity contribution in [1.82, 2.24) is 10.4 Å². The summed E-state index contributed by atoms with van der Waals surface area (Å²) in [5.74, 6) is 0. The fourth-order valence-electron chi connectivity index (χ4n) is 1.68. The average molecular weight is 188 g/mol. The zero-order valence-electron chi connectivity index (χ0n) is 8.47. The van der Waals surface area contributed by atoms with E-state index in [2.05, 4.69) is 5.32 Å². The van der Waals surface area contributed by atoms with E-state index < -0.39 is 0 Å². The standard InChI is InChI=1S/C5H11NO.C5H11N.H2/c7-6-4-2-1-3-5-6;1-2-4-6-5-3-1;/h7H,1-5H2;6H,1-5H2;1H. The molecule has 2 rings (SSSR count). The lowest BCUT2D eigenvalue weighted by atomic mass is 10.2. The first-order chi connectivity index (χ1) is 6.39. The molecule has 2 saturated heterocycles. The molecule has 0 radical (unpaired) electrons. The Morgan fingerprint density at radius 1 is 0.846 bits per heavy atom. The molecule has 2 N–H and O–H groups in total. The molecular formula is C10H24N2O. The lowest BCUT2D eigenvalue weighted by Crippen LogP contribution is -2.25. The first-order valence-corrected chi connectivity index (χ1v) is 5.54. The summed E-state index contributed by atoms with van der Waals surface area (Å²) < 4.78 is 0. The van der Waals surface area contributed by atoms with Crippen molar-refractivity contribution in [3.8, 4) is 0 Å². The summed E-state index contributed by atoms with van der Waals surface area (Å²) in [6, 6.07) is 0. The molecule has 0 aromatic rings. The third-order valence-electron chi connectivity index (χ3n) is 2.54. The van der Waals surface area contributed by atoms with Crippen molar-refractivity contribution in [2.24, 2.45) is 0 Å². The number of hydrogen-bond acceptors (Lipinski definition) is 3. The summed E-state index contributed by atoms with van der Waals surface area (Å²) >= 11 is 0. The molecule has 2 aliphatic heterocycles. The number of rotatable bonds is 0. The van der Waals surface area contributed by atoms with Crippen LogP contribution in [-0.4, -0.2) is 36.4 Å². The highest BCUT2D eigenvalue weighted by atomic mass is 16.5. The van der Waals surface area contributed by atoms with Crippen LogP contribution < -0.4 is 5.32 Å². The van der Waals surface area contributed by atoms with Crippen LogP contribution in [0.15, 0.2) is 0 Å². The maximum atomic E-state index is 8.74. The van der Waals surface area contributed by atoms with Crippen molar-refractivity contribution >= 4 is 0 Å². The summed E-state index contributed by atoms with van der Waals surface area (Å²) in [6.45, 7) is 4.25. The Balaban J connectivity index is 0.000000227. The van der Waals surface area contributed by atoms with Crippen molar-refractivity contribution in [1.29, 1.82) is 0 Å². The van der Waals surface area contributed by atoms with E-state index in [4.69, 9.17) is 5.21 Å². The van der Waals surface area contributed by atoms with Gasteiger partial charge in [-0.1, -0.05) is 12.8 Å². The predicted molar refractivity (Wildman–Crippen MR) is 56.0 cm³/mol. The maximum Gasteiger partial charge on any atom is 0.0238 e. The molecule has 0 aromatic heterocycles. The van der Waals surface area contributed by atoms with Crippen LogP contribution in [0.5, 0.6) is 0 Å². The summed E-state index contributed by atoms with van der Waals surface area (Å²) in [5, 5.41) is 13.4. The fourth-order valence-corrected chi connectivity index (χ4v) is 1.68. The molecule has 2 aliphatic rings. The SMILES string of the molecule is C1CCNCC1.ON1CCCCC1.[HH]. The minimum Gasteiger partial charge on any atom is -0.317 e. The highest BCUT2D eigenvalue weighted by Gasteiger charge is 2.04. The Morgan fingerprint density at radius 2 is 1.38 bits per heavy atom. The molecule has 0 bridgehead atoms. The summed E-state index contributed by atoms with van der Waals surface area (Å²) in [7, 11) is 0. The molecule has 0 unspecified atom stereocenters. The smallest absolute Gasteiger partial charge is 0.0238 e. The van der Waals surface area contributed by atoms with Crippen LogP contribution in [0.4, 0.5) is 0 Å². The lowest BCUT2D eigenvalue weighted by molar-refractivity contribution is -0.103. The summed E-state index contributed by atoms with van der Waals surface area (Å²) in [6.07, 6.45) is 7.83. The van der Waals surface area contributed by atoms with Crippen molar-refractivity contribution in [3.63, 3.8) is 0 Å². The van der Waals surface area contributed by atoms with Crippen molar-refractivity contribution < 1.29 is 6.63 Å². The normalized spacial score (nSPS) is 24.7. The highest BCUT2D eigenvalue weighted by Crippen LogP contribution is 2.04. The zero-order valence-corrected chi connectivity index (χ0v) is 8.47. The van der Waals surface area contributed by atoms with Gasteiger partial charge in [0.05, 0.1) is 0 Å². The van der Waals surface area contributed by atoms with Gasteiger partial charge in [-0.15, -0.1) is 0 Å². The van der Waals surface area contributed by atoms with E-state index in [1.54, 1.807) is 0 Å². The number of hydrogen-bond donors (Lipinski definition) is 2. The van der Waals surface area contributed by atoms with Crippen molar-refractivity contribution in [2.45, 2.75) is 38.5 Å². The fraction of sp³-hybridized carbons (Fsp3) is 1.00. The van der Waals surface area contributed by atoms with E-state index in [1.807, 2.05) is 0 Å². The van der Waals surface area contributed by atoms with Crippen LogP contribution in [0.2, 0.25) is 0 Å². The first kappa shape index (κ1) is 11.0. The molecule has 0 aliphatic carbocycles. The van der Waals surface area contributed by atoms with Gasteiger partial charge < -0.3 is 10.5 Å². The van der Waals surface area contributed by atoms with Gasteiger partial charge in [-0.25, -0.2) is 0 Å². The minimum absolute atomic E-state index is 0. The molecule has 0 aromatic carbocycles. The van der Waals surface area contributed by atoms with Gasteiger partial charge in [-0.3, -0.25) is 0 Å². The Morgan fingerprint density at radius 3 is 1.62 bits per heavy atom. The molecule has 0 atom stereocenters. The van der Waals surface area contributed by atoms with Gasteiger partial charge in [0.1, 0.15) is 0 Å². The Kier molecular flexibility index (Phi) is 6.15. The van der Waals surface area contributed by atoms with Gasteiger partial charge in [-0.2, -0.15) is 5.06 Å². The van der Waals surface area contributed by atoms with E-state index in [-0.39, 0.29) is 1.43 Å². The third kappa shape index (κ3) is 6.02. The van der Waals surface area contributed by atoms with Gasteiger partial charge >= 0.3 is 0 Å². The van der Waals surface area contributed by atoms with Crippen molar-refractivity contribution in [2.75, 3.05) is 26.2 Å². The summed E-state index contributed by atoms with van der Waals surface area (Å²) in [4.78, 5) is 0. The van der Waals surface area contributed by atoms with Gasteiger partial charge in [0, 0.05) is 14.5 Å². The monoisotopic (exact) mass is 188 g/mol. The molecule has 0 amide bonds. The van der Waals surface area contributed by atoms with Gasteiger partial charge in [-0.05, 0) is 38.8 Å². The van der Waals surface area contributed by atoms with Crippen LogP contribution in [0, 0.1) is 0 Å². The van der Waals surface area contributed by atoms with Gasteiger partial charge in [0.2, 0.25) is 0 Å². The Hall–Kier alpha value is -0.120. The molecule has 0 saturated carbocycles. The zero-order chi connectivity index (χ0) is 9.36. The quantitative estimate of drug-likeness (QED) is 0.609. The number of nitrogens with one attached hydrogen (secondary N) is 1. The number of piperidine rings is 2. The predicted octanol–water partition coefficient (Wildman–Crippen LogP) is 1.87. The van der Waals surface area contributed by atoms with E-state index >= 15 is 0 Å². The molecular weight excluding hydrogens is 164 g/mol. The van der Waals surface area contributed by atoms with Crippen LogP contribution in [0.3, 0.4) is 0 Å². The second-order valence-corrected chi connectivity index (χ2v) is 3.82. The van der Waals surface area contributed by atoms with E-state index in [1.165, 1.54) is 43.8 Å². The molecule has 2 fully saturated rings. The maximum absolute atomic E-state index is 8.74. The van der Waals surface area contributed by atoms with Crippen LogP contribution >= 0.6 is 0 Å². The van der Waals surface area contributed by atoms with E-state index in [0.29, 0.717) is 0 Å². The summed E-state index contributed by atoms with van der Waals surface area (Å²) in [5.41, 5.74) is 0. The van der Waals surface area contributed by atoms with Crippen LogP contribution in [-0.2, 0) is 0 Å². The lowest BCUT2D eigenvalue weighted by Gasteiger charge is -2.18. The molecule has 13 heavy (non-hydrogen) atoms. The largest absolute Gasteiger partial charge is 0.317 e. The highest BCUT2D eigenvalue weighted by molar-refractivity contribution is 4.55. The Labute approximate surface area is 82.6 Å². The molecule has 2 heterocycles. The molecule has 0 spiro atoms. The number of hydroxylamine groups is 2. The minimum atomic E-state index is 0. The molecule has 3 nitrogen and oxygen atoms in total. The average Bonchev–Trinajstić information content (AvgIpc) is 2.22. The second-order valence-electron chi connectivity index (χ2n) is 3.82. The van der Waals surface area contributed by atoms with Gasteiger partial charge in [0.15, 0.2) is 0 Å². The molecule has 80 valence electrons. The third-order valence-corrected chi connectivity index (χ3v) is 2.54. The van der Waals surface area contributed by atoms with Crippen molar-refractivity contribution in [3.05, 3.63) is 0 Å². The van der Waals surface area contributed by atoms with Crippen LogP contribution in [0.1, 0.15) is 40.0 Å². The van der Waals surface area contributed by atoms with Gasteiger partial charge in [0.25, 0.3) is 0 Å². The molecule has 3 heteroatoms. The van der Waals surface area contributed by atoms with E-state index in [9.17, 15) is 0 Å². The van der Waals surface area contributed by atoms with E-state index in [0.717, 1.165) is 25.9 Å². The first-order valence-electron chi connectivity index (χ1n) is 5.54. The number of nitrogens with zero attached hydrogens (tertiary/aromatic N) is 1. The Bertz CT molecular complexity index is 103. The topological polar surface area (TPSA) is 35.5 Å². The van der Waals surface area contributed by atoms with Crippen LogP contribution in [0.25, 0.3) is 0 Å².